The Labute approximate surface area is 170 Å². The Balaban J connectivity index is 1.82. The molecule has 0 atom stereocenters. The van der Waals surface area contributed by atoms with Crippen LogP contribution in [-0.2, 0) is 0 Å². The number of nitrogens with zero attached hydrogens (tertiary/aromatic N) is 3. The van der Waals surface area contributed by atoms with Gasteiger partial charge in [-0.15, -0.1) is 5.10 Å². The van der Waals surface area contributed by atoms with Crippen molar-refractivity contribution in [1.82, 2.24) is 15.5 Å². The molecule has 8 heteroatoms. The summed E-state index contributed by atoms with van der Waals surface area (Å²) in [4.78, 5) is 0. The average Bonchev–Trinajstić information content (AvgIpc) is 3.08. The molecule has 0 fully saturated rings. The second kappa shape index (κ2) is 7.34. The van der Waals surface area contributed by atoms with Crippen molar-refractivity contribution in [3.8, 4) is 23.8 Å². The molecule has 6 nitrogen and oxygen atoms in total. The quantitative estimate of drug-likeness (QED) is 0.647. The smallest absolute Gasteiger partial charge is 0.245 e. The predicted octanol–water partition coefficient (Wildman–Crippen LogP) is 4.92. The lowest BCUT2D eigenvalue weighted by molar-refractivity contribution is 0.454. The molecule has 0 radical (unpaired) electrons. The summed E-state index contributed by atoms with van der Waals surface area (Å²) in [5, 5.41) is 29.9. The molecule has 2 aromatic carbocycles. The number of aromatic amines is 1. The Morgan fingerprint density at radius 1 is 0.967 bits per heavy atom. The number of nitriles is 2. The summed E-state index contributed by atoms with van der Waals surface area (Å²) in [6.07, 6.45) is 0. The van der Waals surface area contributed by atoms with Crippen molar-refractivity contribution < 1.29 is 13.5 Å². The number of ether oxygens (including phenoxy) is 1. The van der Waals surface area contributed by atoms with Crippen molar-refractivity contribution in [1.29, 1.82) is 10.5 Å². The van der Waals surface area contributed by atoms with E-state index >= 15 is 0 Å². The summed E-state index contributed by atoms with van der Waals surface area (Å²) in [6, 6.07) is 12.6. The van der Waals surface area contributed by atoms with Crippen LogP contribution in [-0.4, -0.2) is 10.2 Å². The molecule has 1 aromatic heterocycles. The Bertz CT molecular complexity index is 1270. The van der Waals surface area contributed by atoms with Gasteiger partial charge >= 0.3 is 0 Å². The fourth-order valence-electron chi connectivity index (χ4n) is 3.59. The Hall–Kier alpha value is -4.17. The number of nitrogens with one attached hydrogen (secondary N) is 2. The van der Waals surface area contributed by atoms with Crippen LogP contribution >= 0.6 is 0 Å². The van der Waals surface area contributed by atoms with Crippen molar-refractivity contribution in [2.24, 2.45) is 0 Å². The van der Waals surface area contributed by atoms with E-state index in [2.05, 4.69) is 27.7 Å². The van der Waals surface area contributed by atoms with E-state index in [1.165, 1.54) is 0 Å². The molecule has 0 saturated heterocycles. The van der Waals surface area contributed by atoms with E-state index in [9.17, 15) is 19.3 Å². The lowest BCUT2D eigenvalue weighted by atomic mass is 9.81. The van der Waals surface area contributed by atoms with Crippen molar-refractivity contribution in [3.63, 3.8) is 0 Å². The van der Waals surface area contributed by atoms with Gasteiger partial charge in [0.2, 0.25) is 5.88 Å². The fraction of sp³-hybridized carbons (Fsp3) is 0.136. The number of halogens is 2. The second-order valence-corrected chi connectivity index (χ2v) is 6.90. The van der Waals surface area contributed by atoms with Crippen LogP contribution in [0.5, 0.6) is 11.6 Å². The molecule has 0 unspecified atom stereocenters. The highest BCUT2D eigenvalue weighted by molar-refractivity contribution is 5.85. The van der Waals surface area contributed by atoms with Crippen molar-refractivity contribution >= 4 is 10.9 Å². The van der Waals surface area contributed by atoms with Crippen molar-refractivity contribution in [2.75, 3.05) is 0 Å². The molecule has 0 amide bonds. The number of benzene rings is 2. The van der Waals surface area contributed by atoms with Crippen LogP contribution in [0, 0.1) is 34.3 Å². The molecule has 0 bridgehead atoms. The molecular formula is C22H15F2N5O. The molecule has 1 aliphatic heterocycles. The number of hydrogen-bond acceptors (Lipinski definition) is 5. The molecular weight excluding hydrogens is 388 g/mol. The highest BCUT2D eigenvalue weighted by Gasteiger charge is 2.29. The van der Waals surface area contributed by atoms with Gasteiger partial charge in [0.25, 0.3) is 0 Å². The first-order valence-electron chi connectivity index (χ1n) is 9.02. The molecule has 0 saturated carbocycles. The van der Waals surface area contributed by atoms with Gasteiger partial charge in [-0.2, -0.15) is 10.5 Å². The molecule has 0 aliphatic carbocycles. The maximum Gasteiger partial charge on any atom is 0.245 e. The van der Waals surface area contributed by atoms with E-state index in [1.807, 2.05) is 0 Å². The summed E-state index contributed by atoms with van der Waals surface area (Å²) in [6.45, 7) is 3.57. The average molecular weight is 403 g/mol. The SMILES string of the molecule is CC1=C(C#N)C(c2ccc3[nH]nc(Oc4cc(F)cc(F)c4)c3c2)C(C#N)=C(C)N1. The zero-order valence-electron chi connectivity index (χ0n) is 16.0. The fourth-order valence-corrected chi connectivity index (χ4v) is 3.59. The monoisotopic (exact) mass is 403 g/mol. The minimum absolute atomic E-state index is 0.0323. The first-order chi connectivity index (χ1) is 14.4. The van der Waals surface area contributed by atoms with E-state index in [0.29, 0.717) is 39.0 Å². The van der Waals surface area contributed by atoms with E-state index in [1.54, 1.807) is 32.0 Å². The molecule has 30 heavy (non-hydrogen) atoms. The summed E-state index contributed by atoms with van der Waals surface area (Å²) in [5.74, 6) is -1.98. The molecule has 4 rings (SSSR count). The molecule has 1 aliphatic rings. The van der Waals surface area contributed by atoms with Gasteiger partial charge in [0.1, 0.15) is 17.4 Å². The number of aromatic nitrogens is 2. The number of hydrogen-bond donors (Lipinski definition) is 2. The van der Waals surface area contributed by atoms with Gasteiger partial charge in [-0.25, -0.2) is 8.78 Å². The van der Waals surface area contributed by atoms with Crippen LogP contribution in [0.1, 0.15) is 25.3 Å². The van der Waals surface area contributed by atoms with Gasteiger partial charge in [0, 0.05) is 29.6 Å². The topological polar surface area (TPSA) is 97.5 Å². The predicted molar refractivity (Wildman–Crippen MR) is 105 cm³/mol. The highest BCUT2D eigenvalue weighted by atomic mass is 19.1. The lowest BCUT2D eigenvalue weighted by Crippen LogP contribution is -2.23. The largest absolute Gasteiger partial charge is 0.437 e. The summed E-state index contributed by atoms with van der Waals surface area (Å²) < 4.78 is 32.6. The third-order valence-electron chi connectivity index (χ3n) is 4.94. The van der Waals surface area contributed by atoms with E-state index < -0.39 is 17.6 Å². The molecule has 0 spiro atoms. The van der Waals surface area contributed by atoms with Gasteiger partial charge in [-0.1, -0.05) is 6.07 Å². The molecule has 3 aromatic rings. The van der Waals surface area contributed by atoms with Crippen LogP contribution in [0.15, 0.2) is 58.9 Å². The zero-order valence-corrected chi connectivity index (χ0v) is 16.0. The number of allylic oxidation sites excluding steroid dienone is 4. The van der Waals surface area contributed by atoms with E-state index in [4.69, 9.17) is 4.74 Å². The van der Waals surface area contributed by atoms with E-state index in [0.717, 1.165) is 18.2 Å². The normalized spacial score (nSPS) is 14.5. The Kier molecular flexibility index (Phi) is 4.69. The van der Waals surface area contributed by atoms with Gasteiger partial charge in [-0.05, 0) is 31.5 Å². The third kappa shape index (κ3) is 3.25. The zero-order chi connectivity index (χ0) is 21.4. The molecule has 2 heterocycles. The summed E-state index contributed by atoms with van der Waals surface area (Å²) in [7, 11) is 0. The van der Waals surface area contributed by atoms with Crippen LogP contribution in [0.2, 0.25) is 0 Å². The Morgan fingerprint density at radius 3 is 2.20 bits per heavy atom. The minimum Gasteiger partial charge on any atom is -0.437 e. The first-order valence-corrected chi connectivity index (χ1v) is 9.02. The maximum absolute atomic E-state index is 13.5. The minimum atomic E-state index is -0.765. The standard InChI is InChI=1S/C22H15F2N5O/c1-11-18(9-25)21(19(10-26)12(2)27-11)13-3-4-20-17(5-13)22(29-28-20)30-16-7-14(23)6-15(24)8-16/h3-8,21,27H,1-2H3,(H,28,29). The van der Waals surface area contributed by atoms with Crippen LogP contribution < -0.4 is 10.1 Å². The third-order valence-corrected chi connectivity index (χ3v) is 4.94. The number of dihydropyridines is 1. The number of rotatable bonds is 3. The van der Waals surface area contributed by atoms with Gasteiger partial charge in [-0.3, -0.25) is 5.10 Å². The van der Waals surface area contributed by atoms with Gasteiger partial charge in [0.15, 0.2) is 0 Å². The summed E-state index contributed by atoms with van der Waals surface area (Å²) in [5.41, 5.74) is 3.57. The molecule has 2 N–H and O–H groups in total. The second-order valence-electron chi connectivity index (χ2n) is 6.90. The van der Waals surface area contributed by atoms with Gasteiger partial charge in [0.05, 0.1) is 40.1 Å². The maximum atomic E-state index is 13.5. The highest BCUT2D eigenvalue weighted by Crippen LogP contribution is 2.39. The lowest BCUT2D eigenvalue weighted by Gasteiger charge is -2.26. The van der Waals surface area contributed by atoms with Crippen molar-refractivity contribution in [3.05, 3.63) is 76.1 Å². The first kappa shape index (κ1) is 19.2. The van der Waals surface area contributed by atoms with Gasteiger partial charge < -0.3 is 10.1 Å². The number of fused-ring (bicyclic) bond motifs is 1. The van der Waals surface area contributed by atoms with E-state index in [-0.39, 0.29) is 11.6 Å². The summed E-state index contributed by atoms with van der Waals surface area (Å²) >= 11 is 0. The van der Waals surface area contributed by atoms with Crippen molar-refractivity contribution in [2.45, 2.75) is 19.8 Å². The number of H-pyrrole nitrogens is 1. The van der Waals surface area contributed by atoms with Crippen LogP contribution in [0.25, 0.3) is 10.9 Å². The van der Waals surface area contributed by atoms with Crippen LogP contribution in [0.4, 0.5) is 8.78 Å². The Morgan fingerprint density at radius 2 is 1.60 bits per heavy atom. The molecule has 148 valence electrons. The van der Waals surface area contributed by atoms with Crippen LogP contribution in [0.3, 0.4) is 0 Å².